The van der Waals surface area contributed by atoms with Crippen molar-refractivity contribution < 1.29 is 28.2 Å². The predicted octanol–water partition coefficient (Wildman–Crippen LogP) is 4.91. The molecule has 2 aromatic carbocycles. The van der Waals surface area contributed by atoms with E-state index in [9.17, 15) is 23.4 Å². The van der Waals surface area contributed by atoms with E-state index in [2.05, 4.69) is 11.0 Å². The number of hydrogen-bond acceptors (Lipinski definition) is 6. The number of benzene rings is 2. The summed E-state index contributed by atoms with van der Waals surface area (Å²) in [5, 5.41) is 26.8. The van der Waals surface area contributed by atoms with Crippen molar-refractivity contribution in [2.24, 2.45) is 17.0 Å². The molecule has 1 unspecified atom stereocenters. The van der Waals surface area contributed by atoms with Gasteiger partial charge >= 0.3 is 5.97 Å². The lowest BCUT2D eigenvalue weighted by atomic mass is 9.68. The fourth-order valence-electron chi connectivity index (χ4n) is 6.55. The number of rotatable bonds is 8. The molecule has 0 aromatic heterocycles. The number of allylic oxidation sites excluding steroid dienone is 1. The third-order valence-corrected chi connectivity index (χ3v) is 11.3. The average Bonchev–Trinajstić information content (AvgIpc) is 3.02. The molecule has 1 aliphatic heterocycles. The molecule has 10 heteroatoms. The third-order valence-electron chi connectivity index (χ3n) is 9.37. The first-order valence-corrected chi connectivity index (χ1v) is 16.1. The molecule has 41 heavy (non-hydrogen) atoms. The van der Waals surface area contributed by atoms with Gasteiger partial charge in [-0.15, -0.1) is 0 Å². The minimum atomic E-state index is -3.72. The lowest BCUT2D eigenvalue weighted by molar-refractivity contribution is 0.0456. The van der Waals surface area contributed by atoms with Gasteiger partial charge in [-0.1, -0.05) is 29.8 Å². The van der Waals surface area contributed by atoms with Gasteiger partial charge in [-0.05, 0) is 106 Å². The number of aliphatic hydroxyl groups is 1. The minimum absolute atomic E-state index is 0.00697. The second kappa shape index (κ2) is 11.2. The maximum Gasteiger partial charge on any atom is 0.335 e. The summed E-state index contributed by atoms with van der Waals surface area (Å²) >= 11 is 6.35. The number of nitrogens with two attached hydrogens (primary N) is 1. The number of sulfonamides is 1. The molecule has 4 atom stereocenters. The molecule has 222 valence electrons. The van der Waals surface area contributed by atoms with Gasteiger partial charge < -0.3 is 19.8 Å². The van der Waals surface area contributed by atoms with Gasteiger partial charge in [-0.25, -0.2) is 18.4 Å². The van der Waals surface area contributed by atoms with Gasteiger partial charge in [0.2, 0.25) is 10.0 Å². The number of fused-ring (bicyclic) bond motifs is 3. The van der Waals surface area contributed by atoms with E-state index in [0.29, 0.717) is 30.5 Å². The molecule has 5 rings (SSSR count). The second-order valence-electron chi connectivity index (χ2n) is 12.5. The zero-order chi connectivity index (χ0) is 29.6. The number of halogens is 1. The summed E-state index contributed by atoms with van der Waals surface area (Å²) in [7, 11) is -3.72. The van der Waals surface area contributed by atoms with Crippen LogP contribution in [0.25, 0.3) is 0 Å². The van der Waals surface area contributed by atoms with Crippen LogP contribution in [0.1, 0.15) is 67.4 Å². The Labute approximate surface area is 247 Å². The van der Waals surface area contributed by atoms with Gasteiger partial charge in [0.05, 0.1) is 28.7 Å². The molecule has 4 N–H and O–H groups in total. The van der Waals surface area contributed by atoms with Crippen molar-refractivity contribution in [3.63, 3.8) is 0 Å². The summed E-state index contributed by atoms with van der Waals surface area (Å²) in [5.41, 5.74) is 3.14. The number of aliphatic hydroxyl groups excluding tert-OH is 1. The first-order chi connectivity index (χ1) is 19.3. The van der Waals surface area contributed by atoms with E-state index in [1.54, 1.807) is 44.2 Å². The first kappa shape index (κ1) is 29.9. The van der Waals surface area contributed by atoms with Crippen molar-refractivity contribution in [3.8, 4) is 5.75 Å². The topological polar surface area (TPSA) is 130 Å². The lowest BCUT2D eigenvalue weighted by Gasteiger charge is -2.45. The Balaban J connectivity index is 1.41. The Morgan fingerprint density at radius 1 is 1.27 bits per heavy atom. The van der Waals surface area contributed by atoms with E-state index in [0.717, 1.165) is 37.8 Å². The smallest absolute Gasteiger partial charge is 0.335 e. The zero-order valence-corrected chi connectivity index (χ0v) is 25.1. The van der Waals surface area contributed by atoms with E-state index in [1.807, 2.05) is 12.1 Å². The number of carboxylic acids is 1. The number of hydrogen-bond donors (Lipinski definition) is 3. The van der Waals surface area contributed by atoms with Crippen molar-refractivity contribution >= 4 is 33.3 Å². The highest BCUT2D eigenvalue weighted by atomic mass is 35.5. The summed E-state index contributed by atoms with van der Waals surface area (Å²) < 4.78 is 29.0. The maximum absolute atomic E-state index is 11.9. The van der Waals surface area contributed by atoms with Gasteiger partial charge in [0.25, 0.3) is 0 Å². The summed E-state index contributed by atoms with van der Waals surface area (Å²) in [4.78, 5) is 14.1. The number of ether oxygens (including phenoxy) is 1. The number of nitrogens with zero attached hydrogens (tertiary/aromatic N) is 1. The van der Waals surface area contributed by atoms with Gasteiger partial charge in [0, 0.05) is 23.5 Å². The monoisotopic (exact) mass is 602 g/mol. The van der Waals surface area contributed by atoms with Crippen molar-refractivity contribution in [2.75, 3.05) is 24.6 Å². The Morgan fingerprint density at radius 2 is 2.05 bits per heavy atom. The molecule has 1 heterocycles. The number of carbonyl (C=O) groups is 1. The second-order valence-corrected chi connectivity index (χ2v) is 15.2. The van der Waals surface area contributed by atoms with E-state index in [1.165, 1.54) is 11.1 Å². The summed E-state index contributed by atoms with van der Waals surface area (Å²) in [5.74, 6) is -0.151. The van der Waals surface area contributed by atoms with Crippen LogP contribution in [0, 0.1) is 11.8 Å². The fourth-order valence-corrected chi connectivity index (χ4v) is 7.07. The van der Waals surface area contributed by atoms with Crippen molar-refractivity contribution in [1.29, 1.82) is 0 Å². The molecule has 1 fully saturated rings. The highest BCUT2D eigenvalue weighted by molar-refractivity contribution is 7.90. The van der Waals surface area contributed by atoms with E-state index in [-0.39, 0.29) is 29.2 Å². The van der Waals surface area contributed by atoms with Crippen LogP contribution in [-0.2, 0) is 21.9 Å². The lowest BCUT2D eigenvalue weighted by Crippen LogP contribution is -2.49. The SMILES string of the molecule is CC(C)(C/C=C/C(O)[C@@H]1CC[C@H]1CN1C[C@@]2(CCCc3cc(Cl)ccc32)COc2ccc(C(=O)O)cc21)S(N)(=O)=O. The third kappa shape index (κ3) is 6.00. The van der Waals surface area contributed by atoms with Gasteiger partial charge in [0.15, 0.2) is 0 Å². The number of aryl methyl sites for hydroxylation is 1. The maximum atomic E-state index is 11.9. The fraction of sp³-hybridized carbons (Fsp3) is 0.516. The molecule has 0 amide bonds. The highest BCUT2D eigenvalue weighted by Gasteiger charge is 2.44. The summed E-state index contributed by atoms with van der Waals surface area (Å²) in [6, 6.07) is 11.1. The van der Waals surface area contributed by atoms with Crippen LogP contribution in [0.5, 0.6) is 5.75 Å². The molecule has 3 aliphatic rings. The van der Waals surface area contributed by atoms with Gasteiger partial charge in [0.1, 0.15) is 5.75 Å². The molecule has 0 radical (unpaired) electrons. The molecule has 0 saturated heterocycles. The van der Waals surface area contributed by atoms with Crippen LogP contribution in [0.15, 0.2) is 48.6 Å². The van der Waals surface area contributed by atoms with Crippen LogP contribution in [-0.4, -0.2) is 55.1 Å². The molecule has 1 spiro atoms. The van der Waals surface area contributed by atoms with Crippen LogP contribution in [0.3, 0.4) is 0 Å². The average molecular weight is 603 g/mol. The van der Waals surface area contributed by atoms with Crippen LogP contribution < -0.4 is 14.8 Å². The Bertz CT molecular complexity index is 1460. The highest BCUT2D eigenvalue weighted by Crippen LogP contribution is 2.46. The van der Waals surface area contributed by atoms with E-state index >= 15 is 0 Å². The molecule has 1 saturated carbocycles. The first-order valence-electron chi connectivity index (χ1n) is 14.2. The largest absolute Gasteiger partial charge is 0.490 e. The minimum Gasteiger partial charge on any atom is -0.490 e. The Kier molecular flexibility index (Phi) is 8.20. The van der Waals surface area contributed by atoms with Gasteiger partial charge in [-0.3, -0.25) is 0 Å². The molecule has 2 aliphatic carbocycles. The quantitative estimate of drug-likeness (QED) is 0.366. The van der Waals surface area contributed by atoms with Crippen LogP contribution >= 0.6 is 11.6 Å². The Hall–Kier alpha value is -2.59. The van der Waals surface area contributed by atoms with Crippen LogP contribution in [0.4, 0.5) is 5.69 Å². The van der Waals surface area contributed by atoms with E-state index < -0.39 is 26.8 Å². The number of aromatic carboxylic acids is 1. The standard InChI is InChI=1S/C31H39ClN2O6S/c1-30(2,41(33,38)39)13-4-6-27(35)24-10-7-22(24)17-34-18-31(14-3-5-20-15-23(32)9-11-25(20)31)19-40-28-12-8-21(29(36)37)16-26(28)34/h4,6,8-9,11-12,15-16,22,24,27,35H,3,5,7,10,13-14,17-19H2,1-2H3,(H,36,37)(H2,33,38,39)/b6-4+/t22-,24+,27?,31-/m0/s1. The van der Waals surface area contributed by atoms with Gasteiger partial charge in [-0.2, -0.15) is 0 Å². The van der Waals surface area contributed by atoms with E-state index in [4.69, 9.17) is 21.5 Å². The normalized spacial score (nSPS) is 25.1. The summed E-state index contributed by atoms with van der Waals surface area (Å²) in [6.07, 6.45) is 7.58. The molecule has 8 nitrogen and oxygen atoms in total. The zero-order valence-electron chi connectivity index (χ0n) is 23.6. The number of anilines is 1. The predicted molar refractivity (Wildman–Crippen MR) is 160 cm³/mol. The van der Waals surface area contributed by atoms with Crippen molar-refractivity contribution in [2.45, 2.75) is 68.6 Å². The molecular formula is C31H39ClN2O6S. The number of primary sulfonamides is 1. The Morgan fingerprint density at radius 3 is 2.73 bits per heavy atom. The summed E-state index contributed by atoms with van der Waals surface area (Å²) in [6.45, 7) is 4.93. The van der Waals surface area contributed by atoms with Crippen LogP contribution in [0.2, 0.25) is 5.02 Å². The van der Waals surface area contributed by atoms with Crippen molar-refractivity contribution in [1.82, 2.24) is 0 Å². The molecule has 0 bridgehead atoms. The molecule has 2 aromatic rings. The number of carboxylic acid groups (broad SMARTS) is 1. The molecular weight excluding hydrogens is 564 g/mol. The van der Waals surface area contributed by atoms with Crippen molar-refractivity contribution in [3.05, 3.63) is 70.3 Å².